The Hall–Kier alpha value is -1.73. The van der Waals surface area contributed by atoms with E-state index in [2.05, 4.69) is 5.10 Å². The summed E-state index contributed by atoms with van der Waals surface area (Å²) in [6.07, 6.45) is 3.65. The van der Waals surface area contributed by atoms with Crippen molar-refractivity contribution in [3.63, 3.8) is 0 Å². The molecular formula is C17H23N3O4. The molecule has 0 bridgehead atoms. The molecule has 2 aliphatic heterocycles. The van der Waals surface area contributed by atoms with E-state index < -0.39 is 5.79 Å². The second-order valence-corrected chi connectivity index (χ2v) is 6.95. The van der Waals surface area contributed by atoms with E-state index in [1.54, 1.807) is 13.1 Å². The van der Waals surface area contributed by atoms with Crippen molar-refractivity contribution in [1.82, 2.24) is 14.7 Å². The highest BCUT2D eigenvalue weighted by Crippen LogP contribution is 2.33. The predicted molar refractivity (Wildman–Crippen MR) is 85.4 cm³/mol. The van der Waals surface area contributed by atoms with Gasteiger partial charge >= 0.3 is 0 Å². The Morgan fingerprint density at radius 3 is 2.71 bits per heavy atom. The van der Waals surface area contributed by atoms with Gasteiger partial charge in [0.05, 0.1) is 18.9 Å². The molecule has 130 valence electrons. The van der Waals surface area contributed by atoms with Gasteiger partial charge in [-0.2, -0.15) is 5.10 Å². The summed E-state index contributed by atoms with van der Waals surface area (Å²) in [5, 5.41) is 4.31. The zero-order valence-electron chi connectivity index (χ0n) is 14.0. The van der Waals surface area contributed by atoms with Gasteiger partial charge in [-0.15, -0.1) is 0 Å². The summed E-state index contributed by atoms with van der Waals surface area (Å²) in [4.78, 5) is 26.6. The van der Waals surface area contributed by atoms with E-state index in [1.807, 2.05) is 4.90 Å². The zero-order valence-corrected chi connectivity index (χ0v) is 14.0. The fraction of sp³-hybridized carbons (Fsp3) is 0.706. The van der Waals surface area contributed by atoms with E-state index in [4.69, 9.17) is 9.47 Å². The van der Waals surface area contributed by atoms with Crippen LogP contribution in [0.1, 0.15) is 30.5 Å². The summed E-state index contributed by atoms with van der Waals surface area (Å²) in [6, 6.07) is 1.63. The average Bonchev–Trinajstić information content (AvgIpc) is 3.04. The van der Waals surface area contributed by atoms with E-state index in [-0.39, 0.29) is 17.4 Å². The number of aryl methyl sites for hydroxylation is 2. The maximum absolute atomic E-state index is 12.9. The van der Waals surface area contributed by atoms with Crippen LogP contribution < -0.4 is 5.56 Å². The molecule has 0 aromatic carbocycles. The normalized spacial score (nSPS) is 25.7. The number of likely N-dealkylation sites (tertiary alicyclic amines) is 1. The van der Waals surface area contributed by atoms with Crippen LogP contribution in [0.2, 0.25) is 0 Å². The van der Waals surface area contributed by atoms with Gasteiger partial charge in [-0.05, 0) is 24.8 Å². The lowest BCUT2D eigenvalue weighted by Gasteiger charge is -2.39. The van der Waals surface area contributed by atoms with E-state index in [0.717, 1.165) is 36.9 Å². The Labute approximate surface area is 140 Å². The number of ether oxygens (including phenoxy) is 2. The molecule has 0 N–H and O–H groups in total. The van der Waals surface area contributed by atoms with Crippen molar-refractivity contribution in [2.45, 2.75) is 37.9 Å². The lowest BCUT2D eigenvalue weighted by molar-refractivity contribution is -0.188. The summed E-state index contributed by atoms with van der Waals surface area (Å²) in [6.45, 7) is 2.65. The van der Waals surface area contributed by atoms with Gasteiger partial charge in [-0.25, -0.2) is 4.68 Å². The Morgan fingerprint density at radius 2 is 2.00 bits per heavy atom. The number of piperidine rings is 1. The molecule has 7 nitrogen and oxygen atoms in total. The Bertz CT molecular complexity index is 698. The second-order valence-electron chi connectivity index (χ2n) is 6.95. The summed E-state index contributed by atoms with van der Waals surface area (Å²) >= 11 is 0. The second kappa shape index (κ2) is 5.97. The SMILES string of the molecule is Cn1nc2c(cc1=O)C[C@H](C(=O)N1CCC3(CC1)OCCO3)CC2. The molecule has 0 saturated carbocycles. The smallest absolute Gasteiger partial charge is 0.266 e. The summed E-state index contributed by atoms with van der Waals surface area (Å²) in [5.74, 6) is -0.313. The third-order valence-corrected chi connectivity index (χ3v) is 5.45. The van der Waals surface area contributed by atoms with Crippen molar-refractivity contribution < 1.29 is 14.3 Å². The monoisotopic (exact) mass is 333 g/mol. The topological polar surface area (TPSA) is 73.7 Å². The molecule has 0 radical (unpaired) electrons. The first-order valence-corrected chi connectivity index (χ1v) is 8.69. The molecule has 7 heteroatoms. The van der Waals surface area contributed by atoms with E-state index in [0.29, 0.717) is 32.7 Å². The Morgan fingerprint density at radius 1 is 1.29 bits per heavy atom. The third kappa shape index (κ3) is 2.75. The lowest BCUT2D eigenvalue weighted by Crippen LogP contribution is -2.49. The third-order valence-electron chi connectivity index (χ3n) is 5.45. The molecule has 1 amide bonds. The molecule has 4 rings (SSSR count). The van der Waals surface area contributed by atoms with Gasteiger partial charge in [0.2, 0.25) is 5.91 Å². The van der Waals surface area contributed by atoms with Crippen LogP contribution in [0.25, 0.3) is 0 Å². The molecule has 1 spiro atoms. The van der Waals surface area contributed by atoms with Crippen LogP contribution in [0.3, 0.4) is 0 Å². The van der Waals surface area contributed by atoms with Crippen molar-refractivity contribution in [2.75, 3.05) is 26.3 Å². The lowest BCUT2D eigenvalue weighted by atomic mass is 9.85. The molecule has 0 unspecified atom stereocenters. The minimum absolute atomic E-state index is 0.0501. The quantitative estimate of drug-likeness (QED) is 0.737. The van der Waals surface area contributed by atoms with E-state index in [1.165, 1.54) is 4.68 Å². The number of carbonyl (C=O) groups excluding carboxylic acids is 1. The number of hydrogen-bond acceptors (Lipinski definition) is 5. The van der Waals surface area contributed by atoms with Crippen LogP contribution >= 0.6 is 0 Å². The summed E-state index contributed by atoms with van der Waals surface area (Å²) in [7, 11) is 1.66. The fourth-order valence-electron chi connectivity index (χ4n) is 4.01. The Kier molecular flexibility index (Phi) is 3.92. The average molecular weight is 333 g/mol. The van der Waals surface area contributed by atoms with Crippen LogP contribution in [-0.2, 0) is 34.2 Å². The maximum Gasteiger partial charge on any atom is 0.266 e. The van der Waals surface area contributed by atoms with Gasteiger partial charge in [-0.3, -0.25) is 9.59 Å². The number of nitrogens with zero attached hydrogens (tertiary/aromatic N) is 3. The highest BCUT2D eigenvalue weighted by atomic mass is 16.7. The molecule has 3 heterocycles. The highest BCUT2D eigenvalue weighted by Gasteiger charge is 2.42. The van der Waals surface area contributed by atoms with Gasteiger partial charge in [0.1, 0.15) is 0 Å². The summed E-state index contributed by atoms with van der Waals surface area (Å²) < 4.78 is 12.8. The molecule has 1 atom stereocenters. The van der Waals surface area contributed by atoms with Crippen LogP contribution in [0.15, 0.2) is 10.9 Å². The fourth-order valence-corrected chi connectivity index (χ4v) is 4.01. The minimum atomic E-state index is -0.452. The molecule has 1 aromatic heterocycles. The number of fused-ring (bicyclic) bond motifs is 1. The number of hydrogen-bond donors (Lipinski definition) is 0. The number of carbonyl (C=O) groups is 1. The molecule has 2 saturated heterocycles. The van der Waals surface area contributed by atoms with Crippen molar-refractivity contribution in [3.05, 3.63) is 27.7 Å². The van der Waals surface area contributed by atoms with Crippen LogP contribution in [0, 0.1) is 5.92 Å². The molecule has 24 heavy (non-hydrogen) atoms. The molecule has 3 aliphatic rings. The van der Waals surface area contributed by atoms with Crippen LogP contribution in [0.4, 0.5) is 0 Å². The van der Waals surface area contributed by atoms with E-state index >= 15 is 0 Å². The van der Waals surface area contributed by atoms with Crippen molar-refractivity contribution >= 4 is 5.91 Å². The first-order chi connectivity index (χ1) is 11.6. The Balaban J connectivity index is 1.42. The maximum atomic E-state index is 12.9. The molecule has 2 fully saturated rings. The highest BCUT2D eigenvalue weighted by molar-refractivity contribution is 5.79. The number of aromatic nitrogens is 2. The van der Waals surface area contributed by atoms with Crippen molar-refractivity contribution in [1.29, 1.82) is 0 Å². The van der Waals surface area contributed by atoms with Gasteiger partial charge in [0.15, 0.2) is 5.79 Å². The van der Waals surface area contributed by atoms with E-state index in [9.17, 15) is 9.59 Å². The summed E-state index contributed by atoms with van der Waals surface area (Å²) in [5.41, 5.74) is 1.77. The first kappa shape index (κ1) is 15.8. The zero-order chi connectivity index (χ0) is 16.7. The van der Waals surface area contributed by atoms with Crippen molar-refractivity contribution in [2.24, 2.45) is 13.0 Å². The minimum Gasteiger partial charge on any atom is -0.347 e. The van der Waals surface area contributed by atoms with Gasteiger partial charge in [-0.1, -0.05) is 0 Å². The molecular weight excluding hydrogens is 310 g/mol. The van der Waals surface area contributed by atoms with Crippen LogP contribution in [0.5, 0.6) is 0 Å². The first-order valence-electron chi connectivity index (χ1n) is 8.69. The van der Waals surface area contributed by atoms with Gasteiger partial charge in [0, 0.05) is 45.0 Å². The predicted octanol–water partition coefficient (Wildman–Crippen LogP) is 0.251. The van der Waals surface area contributed by atoms with Crippen LogP contribution in [-0.4, -0.2) is 52.7 Å². The standard InChI is InChI=1S/C17H23N3O4/c1-19-15(21)11-13-10-12(2-3-14(13)18-19)16(22)20-6-4-17(5-7-20)23-8-9-24-17/h11-12H,2-10H2,1H3/t12-/m1/s1. The van der Waals surface area contributed by atoms with Crippen molar-refractivity contribution in [3.8, 4) is 0 Å². The molecule has 1 aliphatic carbocycles. The number of rotatable bonds is 1. The van der Waals surface area contributed by atoms with Gasteiger partial charge in [0.25, 0.3) is 5.56 Å². The largest absolute Gasteiger partial charge is 0.347 e. The number of amides is 1. The van der Waals surface area contributed by atoms with Gasteiger partial charge < -0.3 is 14.4 Å². The molecule has 1 aromatic rings.